The van der Waals surface area contributed by atoms with Crippen LogP contribution in [0.1, 0.15) is 86.0 Å². The Labute approximate surface area is 370 Å². The van der Waals surface area contributed by atoms with Crippen molar-refractivity contribution in [3.8, 4) is 0 Å². The summed E-state index contributed by atoms with van der Waals surface area (Å²) in [5.41, 5.74) is -8.64. The quantitative estimate of drug-likeness (QED) is 0.182. The van der Waals surface area contributed by atoms with Gasteiger partial charge in [0.1, 0.15) is 11.7 Å². The van der Waals surface area contributed by atoms with Gasteiger partial charge in [0.2, 0.25) is 5.60 Å². The highest BCUT2D eigenvalue weighted by molar-refractivity contribution is 5.96. The Morgan fingerprint density at radius 2 is 1.62 bits per heavy atom. The second kappa shape index (κ2) is 16.8. The van der Waals surface area contributed by atoms with Crippen LogP contribution in [-0.2, 0) is 52.3 Å². The fourth-order valence-electron chi connectivity index (χ4n) is 10.2. The summed E-state index contributed by atoms with van der Waals surface area (Å²) in [5, 5.41) is 26.3. The molecule has 5 aliphatic rings. The second-order valence-corrected chi connectivity index (χ2v) is 19.2. The van der Waals surface area contributed by atoms with Crippen molar-refractivity contribution in [2.45, 2.75) is 141 Å². The van der Waals surface area contributed by atoms with E-state index in [0.29, 0.717) is 5.57 Å². The Morgan fingerprint density at radius 3 is 2.17 bits per heavy atom. The minimum Gasteiger partial charge on any atom is -0.454 e. The first-order chi connectivity index (χ1) is 29.6. The van der Waals surface area contributed by atoms with Gasteiger partial charge in [-0.05, 0) is 71.7 Å². The maximum Gasteiger partial charge on any atom is 0.509 e. The molecule has 2 bridgehead atoms. The molecule has 0 aromatic heterocycles. The second-order valence-electron chi connectivity index (χ2n) is 19.2. The lowest BCUT2D eigenvalue weighted by Crippen LogP contribution is -2.83. The van der Waals surface area contributed by atoms with Crippen LogP contribution in [0.25, 0.3) is 0 Å². The Balaban J connectivity index is 1.64. The number of carbonyl (C=O) groups is 7. The summed E-state index contributed by atoms with van der Waals surface area (Å²) in [7, 11) is 2.75. The van der Waals surface area contributed by atoms with Gasteiger partial charge in [-0.15, -0.1) is 0 Å². The maximum absolute atomic E-state index is 15.8. The predicted octanol–water partition coefficient (Wildman–Crippen LogP) is 3.71. The number of aliphatic hydroxyl groups excluding tert-OH is 2. The summed E-state index contributed by atoms with van der Waals surface area (Å²) in [6.45, 7) is 14.8. The zero-order valence-corrected chi connectivity index (χ0v) is 38.0. The number of carbonyl (C=O) groups excluding carboxylic acids is 7. The molecule has 2 amide bonds. The summed E-state index contributed by atoms with van der Waals surface area (Å²) in [6, 6.07) is 6.27. The molecule has 2 saturated heterocycles. The van der Waals surface area contributed by atoms with Crippen LogP contribution in [0.4, 0.5) is 14.4 Å². The van der Waals surface area contributed by atoms with Crippen LogP contribution in [0.2, 0.25) is 0 Å². The molecule has 3 aliphatic carbocycles. The molecule has 64 heavy (non-hydrogen) atoms. The van der Waals surface area contributed by atoms with Crippen molar-refractivity contribution in [3.63, 3.8) is 0 Å². The summed E-state index contributed by atoms with van der Waals surface area (Å²) in [5.74, 6) is -5.76. The predicted molar refractivity (Wildman–Crippen MR) is 220 cm³/mol. The SMILES string of the molecule is CC(=O)O[C@@]12CO[C@@H]1C[C@H](O)[C@@]1(C)C(=O)[C@H](OC(=O)N(C)C)C3=C(C)[C@@H](OC(=O)[C@H](O)[C@H](C=C(C)C)NC(=O)OC(C)(C)C)C4OC(=O)OC4([C@@H](OC(=O)c4ccccc4)[C@H]21)C3(C)C. The molecule has 3 N–H and O–H groups in total. The van der Waals surface area contributed by atoms with E-state index in [-0.39, 0.29) is 29.7 Å². The summed E-state index contributed by atoms with van der Waals surface area (Å²) < 4.78 is 48.4. The first kappa shape index (κ1) is 47.9. The molecular weight excluding hydrogens is 840 g/mol. The summed E-state index contributed by atoms with van der Waals surface area (Å²) >= 11 is 0. The lowest BCUT2D eigenvalue weighted by atomic mass is 9.44. The van der Waals surface area contributed by atoms with E-state index in [1.165, 1.54) is 60.0 Å². The minimum atomic E-state index is -2.40. The normalized spacial score (nSPS) is 33.2. The smallest absolute Gasteiger partial charge is 0.454 e. The molecule has 1 aromatic carbocycles. The van der Waals surface area contributed by atoms with Gasteiger partial charge < -0.3 is 58.3 Å². The third kappa shape index (κ3) is 7.88. The number of rotatable bonds is 9. The molecule has 6 rings (SSSR count). The molecule has 2 unspecified atom stereocenters. The molecule has 12 atom stereocenters. The number of ether oxygens (including phenoxy) is 8. The van der Waals surface area contributed by atoms with Crippen molar-refractivity contribution in [2.75, 3.05) is 20.7 Å². The van der Waals surface area contributed by atoms with Crippen LogP contribution < -0.4 is 5.32 Å². The molecule has 0 radical (unpaired) electrons. The van der Waals surface area contributed by atoms with Crippen molar-refractivity contribution in [1.29, 1.82) is 0 Å². The third-order valence-electron chi connectivity index (χ3n) is 13.0. The van der Waals surface area contributed by atoms with Gasteiger partial charge in [0.15, 0.2) is 41.9 Å². The number of hydrogen-bond acceptors (Lipinski definition) is 17. The summed E-state index contributed by atoms with van der Waals surface area (Å²) in [6.07, 6.45) is -14.5. The van der Waals surface area contributed by atoms with Gasteiger partial charge in [0, 0.05) is 32.9 Å². The van der Waals surface area contributed by atoms with Crippen molar-refractivity contribution in [2.24, 2.45) is 16.7 Å². The molecule has 1 aromatic rings. The lowest BCUT2D eigenvalue weighted by molar-refractivity contribution is -0.345. The molecular formula is C45H58N2O17. The Morgan fingerprint density at radius 1 is 0.984 bits per heavy atom. The molecule has 19 heteroatoms. The molecule has 2 heterocycles. The lowest BCUT2D eigenvalue weighted by Gasteiger charge is -2.67. The van der Waals surface area contributed by atoms with Crippen LogP contribution in [0.5, 0.6) is 0 Å². The molecule has 350 valence electrons. The monoisotopic (exact) mass is 898 g/mol. The minimum absolute atomic E-state index is 0.00767. The average molecular weight is 899 g/mol. The molecule has 2 aliphatic heterocycles. The largest absolute Gasteiger partial charge is 0.509 e. The Kier molecular flexibility index (Phi) is 12.6. The first-order valence-corrected chi connectivity index (χ1v) is 20.9. The van der Waals surface area contributed by atoms with Crippen molar-refractivity contribution < 1.29 is 81.7 Å². The number of hydrogen-bond donors (Lipinski definition) is 3. The number of fused-ring (bicyclic) bond motifs is 4. The zero-order valence-electron chi connectivity index (χ0n) is 38.0. The van der Waals surface area contributed by atoms with Crippen LogP contribution in [0.15, 0.2) is 53.1 Å². The number of amides is 2. The standard InChI is InChI=1S/C45H58N2O17/c1-21(2)18-25(46-38(54)63-41(5,6)7)29(50)37(53)58-30-22(3)28-31(59-39(55)47(11)12)33(51)43(10)26(49)19-27-44(20-57-27,62-23(4)48)32(43)35(60-36(52)24-16-14-13-15-17-24)45(42(28,8)9)34(30)61-40(56)64-45/h13-18,25-27,29-32,34-35,49-50H,19-20H2,1-12H3,(H,46,54)/t25-,26-,27+,29+,30+,31+,32-,34?,35-,43+,44-,45?/m0/s1. The van der Waals surface area contributed by atoms with E-state index in [1.807, 2.05) is 0 Å². The highest BCUT2D eigenvalue weighted by atomic mass is 16.8. The zero-order chi connectivity index (χ0) is 47.6. The highest BCUT2D eigenvalue weighted by Gasteiger charge is 2.83. The molecule has 19 nitrogen and oxygen atoms in total. The van der Waals surface area contributed by atoms with E-state index in [1.54, 1.807) is 52.8 Å². The number of alkyl carbamates (subject to hydrolysis) is 1. The van der Waals surface area contributed by atoms with Crippen LogP contribution in [-0.4, -0.2) is 143 Å². The summed E-state index contributed by atoms with van der Waals surface area (Å²) in [4.78, 5) is 99.5. The number of nitrogens with one attached hydrogen (secondary N) is 1. The number of benzene rings is 1. The van der Waals surface area contributed by atoms with E-state index in [0.717, 1.165) is 11.8 Å². The molecule has 1 spiro atoms. The van der Waals surface area contributed by atoms with Crippen molar-refractivity contribution in [1.82, 2.24) is 10.2 Å². The topological polar surface area (TPSA) is 249 Å². The van der Waals surface area contributed by atoms with E-state index in [9.17, 15) is 39.0 Å². The fraction of sp³-hybridized carbons (Fsp3) is 0.622. The number of nitrogens with zero attached hydrogens (tertiary/aromatic N) is 1. The van der Waals surface area contributed by atoms with E-state index >= 15 is 4.79 Å². The molecule has 4 fully saturated rings. The Bertz CT molecular complexity index is 2160. The number of allylic oxidation sites excluding steroid dienone is 1. The van der Waals surface area contributed by atoms with Gasteiger partial charge >= 0.3 is 36.2 Å². The molecule has 2 saturated carbocycles. The van der Waals surface area contributed by atoms with Gasteiger partial charge in [-0.1, -0.05) is 43.7 Å². The van der Waals surface area contributed by atoms with Gasteiger partial charge in [-0.2, -0.15) is 0 Å². The number of aliphatic hydroxyl groups is 2. The fourth-order valence-corrected chi connectivity index (χ4v) is 10.2. The first-order valence-electron chi connectivity index (χ1n) is 20.9. The average Bonchev–Trinajstić information content (AvgIpc) is 3.55. The number of Topliss-reactive ketones (excluding diaryl/α,β-unsaturated/α-hetero) is 1. The van der Waals surface area contributed by atoms with E-state index < -0.39 is 124 Å². The van der Waals surface area contributed by atoms with Gasteiger partial charge in [-0.3, -0.25) is 9.59 Å². The maximum atomic E-state index is 15.8. The van der Waals surface area contributed by atoms with E-state index in [4.69, 9.17) is 37.9 Å². The highest BCUT2D eigenvalue weighted by Crippen LogP contribution is 2.67. The van der Waals surface area contributed by atoms with Crippen LogP contribution in [0.3, 0.4) is 0 Å². The van der Waals surface area contributed by atoms with Crippen LogP contribution >= 0.6 is 0 Å². The van der Waals surface area contributed by atoms with Gasteiger partial charge in [0.25, 0.3) is 0 Å². The number of esters is 3. The number of ketones is 1. The van der Waals surface area contributed by atoms with Crippen molar-refractivity contribution in [3.05, 3.63) is 58.7 Å². The van der Waals surface area contributed by atoms with Gasteiger partial charge in [0.05, 0.1) is 35.6 Å². The third-order valence-corrected chi connectivity index (χ3v) is 13.0. The van der Waals surface area contributed by atoms with Crippen molar-refractivity contribution >= 4 is 42.0 Å². The van der Waals surface area contributed by atoms with E-state index in [2.05, 4.69) is 5.32 Å². The van der Waals surface area contributed by atoms with Crippen LogP contribution in [0, 0.1) is 16.7 Å². The Hall–Kier alpha value is -5.53. The van der Waals surface area contributed by atoms with Gasteiger partial charge in [-0.25, -0.2) is 24.0 Å².